The third kappa shape index (κ3) is 2.41. The van der Waals surface area contributed by atoms with E-state index in [9.17, 15) is 4.79 Å². The lowest BCUT2D eigenvalue weighted by molar-refractivity contribution is -0.0694. The molecule has 0 aromatic carbocycles. The molecule has 1 aromatic rings. The zero-order valence-corrected chi connectivity index (χ0v) is 10.3. The lowest BCUT2D eigenvalue weighted by Gasteiger charge is -2.36. The third-order valence-electron chi connectivity index (χ3n) is 2.92. The summed E-state index contributed by atoms with van der Waals surface area (Å²) in [5, 5.41) is 0. The van der Waals surface area contributed by atoms with Gasteiger partial charge in [-0.25, -0.2) is 0 Å². The fourth-order valence-electron chi connectivity index (χ4n) is 2.15. The molecule has 1 atom stereocenters. The largest absolute Gasteiger partial charge is 0.375 e. The van der Waals surface area contributed by atoms with E-state index in [4.69, 9.17) is 17.0 Å². The average molecular weight is 240 g/mol. The molecule has 1 unspecified atom stereocenters. The molecule has 2 heterocycles. The van der Waals surface area contributed by atoms with E-state index in [2.05, 4.69) is 18.8 Å². The van der Waals surface area contributed by atoms with Crippen LogP contribution in [0.25, 0.3) is 0 Å². The highest BCUT2D eigenvalue weighted by Crippen LogP contribution is 2.31. The van der Waals surface area contributed by atoms with Crippen LogP contribution in [0.2, 0.25) is 0 Å². The highest BCUT2D eigenvalue weighted by atomic mass is 32.1. The topological polar surface area (TPSA) is 47.0 Å². The summed E-state index contributed by atoms with van der Waals surface area (Å²) in [7, 11) is 0. The Morgan fingerprint density at radius 3 is 3.00 bits per heavy atom. The maximum absolute atomic E-state index is 11.1. The van der Waals surface area contributed by atoms with Crippen molar-refractivity contribution in [2.45, 2.75) is 38.3 Å². The molecule has 1 aliphatic heterocycles. The summed E-state index contributed by atoms with van der Waals surface area (Å²) in [5.74, 6) is 0. The highest BCUT2D eigenvalue weighted by molar-refractivity contribution is 7.71. The van der Waals surface area contributed by atoms with Gasteiger partial charge in [0.15, 0.2) is 4.77 Å². The van der Waals surface area contributed by atoms with Crippen LogP contribution in [0.3, 0.4) is 0 Å². The Morgan fingerprint density at radius 2 is 2.38 bits per heavy atom. The first-order chi connectivity index (χ1) is 7.48. The van der Waals surface area contributed by atoms with Gasteiger partial charge in [-0.1, -0.05) is 0 Å². The summed E-state index contributed by atoms with van der Waals surface area (Å²) < 4.78 is 8.12. The van der Waals surface area contributed by atoms with Crippen molar-refractivity contribution in [3.05, 3.63) is 27.4 Å². The smallest absolute Gasteiger partial charge is 0.251 e. The van der Waals surface area contributed by atoms with Gasteiger partial charge in [0.1, 0.15) is 0 Å². The molecule has 4 nitrogen and oxygen atoms in total. The number of nitrogens with one attached hydrogen (secondary N) is 1. The predicted octanol–water partition coefficient (Wildman–Crippen LogP) is 2.04. The van der Waals surface area contributed by atoms with E-state index in [0.29, 0.717) is 10.8 Å². The van der Waals surface area contributed by atoms with E-state index < -0.39 is 0 Å². The molecule has 0 bridgehead atoms. The molecule has 1 saturated heterocycles. The molecule has 88 valence electrons. The Kier molecular flexibility index (Phi) is 2.99. The Hall–Kier alpha value is -0.940. The zero-order valence-electron chi connectivity index (χ0n) is 9.53. The van der Waals surface area contributed by atoms with E-state index >= 15 is 0 Å². The van der Waals surface area contributed by atoms with E-state index in [1.54, 1.807) is 6.20 Å². The standard InChI is InChI=1S/C11H16N2O2S/c1-11(2)7-8(4-6-15-11)13-5-3-9(14)12-10(13)16/h3,5,8H,4,6-7H2,1-2H3,(H,12,14,16). The second-order valence-electron chi connectivity index (χ2n) is 4.77. The molecule has 5 heteroatoms. The molecule has 1 aromatic heterocycles. The van der Waals surface area contributed by atoms with Crippen LogP contribution >= 0.6 is 12.2 Å². The van der Waals surface area contributed by atoms with Gasteiger partial charge in [-0.3, -0.25) is 9.78 Å². The van der Waals surface area contributed by atoms with Crippen LogP contribution in [-0.2, 0) is 4.74 Å². The number of aromatic nitrogens is 2. The number of ether oxygens (including phenoxy) is 1. The van der Waals surface area contributed by atoms with Gasteiger partial charge in [-0.2, -0.15) is 0 Å². The second kappa shape index (κ2) is 4.14. The van der Waals surface area contributed by atoms with Gasteiger partial charge in [0.25, 0.3) is 5.56 Å². The van der Waals surface area contributed by atoms with E-state index in [0.717, 1.165) is 19.4 Å². The maximum Gasteiger partial charge on any atom is 0.251 e. The van der Waals surface area contributed by atoms with Gasteiger partial charge >= 0.3 is 0 Å². The minimum Gasteiger partial charge on any atom is -0.375 e. The summed E-state index contributed by atoms with van der Waals surface area (Å²) in [6, 6.07) is 1.83. The first-order valence-electron chi connectivity index (χ1n) is 5.43. The normalized spacial score (nSPS) is 24.2. The summed E-state index contributed by atoms with van der Waals surface area (Å²) in [6.45, 7) is 4.89. The van der Waals surface area contributed by atoms with Crippen molar-refractivity contribution in [3.63, 3.8) is 0 Å². The van der Waals surface area contributed by atoms with Crippen molar-refractivity contribution in [2.24, 2.45) is 0 Å². The van der Waals surface area contributed by atoms with Crippen LogP contribution in [0.4, 0.5) is 0 Å². The molecule has 1 N–H and O–H groups in total. The summed E-state index contributed by atoms with van der Waals surface area (Å²) in [6.07, 6.45) is 3.62. The van der Waals surface area contributed by atoms with Crippen LogP contribution in [0, 0.1) is 4.77 Å². The van der Waals surface area contributed by atoms with E-state index in [-0.39, 0.29) is 11.2 Å². The highest BCUT2D eigenvalue weighted by Gasteiger charge is 2.29. The fourth-order valence-corrected chi connectivity index (χ4v) is 2.46. The van der Waals surface area contributed by atoms with Gasteiger partial charge in [0.2, 0.25) is 0 Å². The fraction of sp³-hybridized carbons (Fsp3) is 0.636. The van der Waals surface area contributed by atoms with Gasteiger partial charge in [-0.15, -0.1) is 0 Å². The van der Waals surface area contributed by atoms with Gasteiger partial charge < -0.3 is 9.30 Å². The molecule has 16 heavy (non-hydrogen) atoms. The molecular formula is C11H16N2O2S. The molecular weight excluding hydrogens is 224 g/mol. The number of nitrogens with zero attached hydrogens (tertiary/aromatic N) is 1. The van der Waals surface area contributed by atoms with E-state index in [1.165, 1.54) is 6.07 Å². The number of H-pyrrole nitrogens is 1. The lowest BCUT2D eigenvalue weighted by Crippen LogP contribution is -2.35. The average Bonchev–Trinajstić information content (AvgIpc) is 2.15. The second-order valence-corrected chi connectivity index (χ2v) is 5.16. The first-order valence-corrected chi connectivity index (χ1v) is 5.84. The molecule has 0 saturated carbocycles. The molecule has 0 amide bonds. The first kappa shape index (κ1) is 11.5. The number of hydrogen-bond donors (Lipinski definition) is 1. The Labute approximate surface area is 99.3 Å². The van der Waals surface area contributed by atoms with Crippen molar-refractivity contribution < 1.29 is 4.74 Å². The number of hydrogen-bond acceptors (Lipinski definition) is 3. The predicted molar refractivity (Wildman–Crippen MR) is 64.2 cm³/mol. The van der Waals surface area contributed by atoms with Gasteiger partial charge in [-0.05, 0) is 38.9 Å². The number of rotatable bonds is 1. The van der Waals surface area contributed by atoms with Crippen LogP contribution < -0.4 is 5.56 Å². The third-order valence-corrected chi connectivity index (χ3v) is 3.23. The van der Waals surface area contributed by atoms with E-state index in [1.807, 2.05) is 4.57 Å². The Morgan fingerprint density at radius 1 is 1.62 bits per heavy atom. The van der Waals surface area contributed by atoms with Crippen molar-refractivity contribution in [3.8, 4) is 0 Å². The Balaban J connectivity index is 2.31. The van der Waals surface area contributed by atoms with Gasteiger partial charge in [0, 0.05) is 24.9 Å². The summed E-state index contributed by atoms with van der Waals surface area (Å²) in [4.78, 5) is 13.7. The maximum atomic E-state index is 11.1. The molecule has 1 fully saturated rings. The van der Waals surface area contributed by atoms with Gasteiger partial charge in [0.05, 0.1) is 5.60 Å². The minimum absolute atomic E-state index is 0.117. The summed E-state index contributed by atoms with van der Waals surface area (Å²) in [5.41, 5.74) is -0.263. The molecule has 0 radical (unpaired) electrons. The van der Waals surface area contributed by atoms with Crippen molar-refractivity contribution in [1.29, 1.82) is 0 Å². The van der Waals surface area contributed by atoms with Crippen molar-refractivity contribution in [1.82, 2.24) is 9.55 Å². The van der Waals surface area contributed by atoms with Crippen LogP contribution in [0.5, 0.6) is 0 Å². The minimum atomic E-state index is -0.146. The zero-order chi connectivity index (χ0) is 11.8. The Bertz CT molecular complexity index is 489. The molecule has 2 rings (SSSR count). The van der Waals surface area contributed by atoms with Crippen molar-refractivity contribution in [2.75, 3.05) is 6.61 Å². The molecule has 0 aliphatic carbocycles. The monoisotopic (exact) mass is 240 g/mol. The quantitative estimate of drug-likeness (QED) is 0.764. The van der Waals surface area contributed by atoms with Crippen LogP contribution in [0.1, 0.15) is 32.7 Å². The van der Waals surface area contributed by atoms with Crippen molar-refractivity contribution >= 4 is 12.2 Å². The SMILES string of the molecule is CC1(C)CC(n2ccc(=O)[nH]c2=S)CCO1. The van der Waals surface area contributed by atoms with Crippen LogP contribution in [-0.4, -0.2) is 21.8 Å². The molecule has 1 aliphatic rings. The lowest BCUT2D eigenvalue weighted by atomic mass is 9.94. The summed E-state index contributed by atoms with van der Waals surface area (Å²) >= 11 is 5.16. The molecule has 0 spiro atoms. The number of aromatic amines is 1. The van der Waals surface area contributed by atoms with Crippen LogP contribution in [0.15, 0.2) is 17.1 Å².